The number of anilines is 1. The van der Waals surface area contributed by atoms with E-state index in [1.807, 2.05) is 30.3 Å². The van der Waals surface area contributed by atoms with Gasteiger partial charge in [-0.15, -0.1) is 0 Å². The van der Waals surface area contributed by atoms with Crippen molar-refractivity contribution in [1.29, 1.82) is 0 Å². The average molecular weight is 411 g/mol. The zero-order valence-corrected chi connectivity index (χ0v) is 17.3. The second-order valence-electron chi connectivity index (χ2n) is 6.61. The summed E-state index contributed by atoms with van der Waals surface area (Å²) in [6.07, 6.45) is 3.34. The monoisotopic (exact) mass is 411 g/mol. The number of nitrogens with zero attached hydrogens (tertiary/aromatic N) is 2. The largest absolute Gasteiger partial charge is 0.464 e. The lowest BCUT2D eigenvalue weighted by Crippen LogP contribution is -2.43. The highest BCUT2D eigenvalue weighted by molar-refractivity contribution is 6.26. The van der Waals surface area contributed by atoms with Gasteiger partial charge in [0, 0.05) is 26.0 Å². The molecule has 0 fully saturated rings. The highest BCUT2D eigenvalue weighted by atomic mass is 16.5. The predicted octanol–water partition coefficient (Wildman–Crippen LogP) is 2.28. The summed E-state index contributed by atoms with van der Waals surface area (Å²) in [6.45, 7) is 3.74. The Bertz CT molecular complexity index is 964. The SMILES string of the molecule is CCOC(=O)C1=C(n2ccc(NC)c2)C(=O)N(Cc2ccccc2)C1C(=O)OCC. The Kier molecular flexibility index (Phi) is 6.56. The zero-order chi connectivity index (χ0) is 21.7. The summed E-state index contributed by atoms with van der Waals surface area (Å²) < 4.78 is 12.0. The molecule has 1 aliphatic rings. The van der Waals surface area contributed by atoms with Gasteiger partial charge in [0.05, 0.1) is 18.9 Å². The van der Waals surface area contributed by atoms with Gasteiger partial charge in [-0.05, 0) is 25.5 Å². The highest BCUT2D eigenvalue weighted by Gasteiger charge is 2.48. The van der Waals surface area contributed by atoms with Crippen molar-refractivity contribution in [2.45, 2.75) is 26.4 Å². The number of hydrogen-bond acceptors (Lipinski definition) is 6. The van der Waals surface area contributed by atoms with Crippen LogP contribution in [0.1, 0.15) is 19.4 Å². The number of amides is 1. The predicted molar refractivity (Wildman–Crippen MR) is 111 cm³/mol. The number of benzene rings is 1. The van der Waals surface area contributed by atoms with E-state index in [0.717, 1.165) is 11.3 Å². The molecule has 8 nitrogen and oxygen atoms in total. The van der Waals surface area contributed by atoms with Gasteiger partial charge >= 0.3 is 11.9 Å². The fourth-order valence-electron chi connectivity index (χ4n) is 3.41. The van der Waals surface area contributed by atoms with E-state index >= 15 is 0 Å². The first-order valence-corrected chi connectivity index (χ1v) is 9.80. The smallest absolute Gasteiger partial charge is 0.339 e. The molecule has 1 atom stereocenters. The molecule has 2 aromatic rings. The van der Waals surface area contributed by atoms with Crippen LogP contribution in [0.4, 0.5) is 5.69 Å². The molecule has 0 saturated carbocycles. The topological polar surface area (TPSA) is 89.9 Å². The number of aromatic nitrogens is 1. The van der Waals surface area contributed by atoms with Crippen LogP contribution in [0.5, 0.6) is 0 Å². The molecule has 1 amide bonds. The lowest BCUT2D eigenvalue weighted by molar-refractivity contribution is -0.153. The van der Waals surface area contributed by atoms with Gasteiger partial charge in [-0.1, -0.05) is 30.3 Å². The Labute approximate surface area is 175 Å². The van der Waals surface area contributed by atoms with E-state index in [9.17, 15) is 14.4 Å². The maximum atomic E-state index is 13.5. The molecule has 1 N–H and O–H groups in total. The Morgan fingerprint density at radius 2 is 1.77 bits per heavy atom. The summed E-state index contributed by atoms with van der Waals surface area (Å²) >= 11 is 0. The molecule has 1 unspecified atom stereocenters. The van der Waals surface area contributed by atoms with Gasteiger partial charge in [-0.25, -0.2) is 9.59 Å². The van der Waals surface area contributed by atoms with E-state index in [4.69, 9.17) is 9.47 Å². The molecule has 0 saturated heterocycles. The molecule has 1 aromatic carbocycles. The first-order valence-electron chi connectivity index (χ1n) is 9.80. The summed E-state index contributed by atoms with van der Waals surface area (Å²) in [5.74, 6) is -1.83. The summed E-state index contributed by atoms with van der Waals surface area (Å²) in [6, 6.07) is 9.85. The first-order chi connectivity index (χ1) is 14.5. The molecular formula is C22H25N3O5. The van der Waals surface area contributed by atoms with Crippen molar-refractivity contribution >= 4 is 29.2 Å². The third-order valence-electron chi connectivity index (χ3n) is 4.74. The van der Waals surface area contributed by atoms with Crippen LogP contribution in [-0.4, -0.2) is 53.6 Å². The minimum Gasteiger partial charge on any atom is -0.464 e. The summed E-state index contributed by atoms with van der Waals surface area (Å²) in [4.78, 5) is 40.6. The van der Waals surface area contributed by atoms with Crippen LogP contribution in [0.3, 0.4) is 0 Å². The molecule has 30 heavy (non-hydrogen) atoms. The maximum absolute atomic E-state index is 13.5. The summed E-state index contributed by atoms with van der Waals surface area (Å²) in [5.41, 5.74) is 1.65. The lowest BCUT2D eigenvalue weighted by Gasteiger charge is -2.24. The first kappa shape index (κ1) is 21.2. The van der Waals surface area contributed by atoms with Crippen molar-refractivity contribution in [3.63, 3.8) is 0 Å². The zero-order valence-electron chi connectivity index (χ0n) is 17.3. The van der Waals surface area contributed by atoms with Crippen molar-refractivity contribution in [3.05, 3.63) is 59.9 Å². The van der Waals surface area contributed by atoms with Crippen LogP contribution in [0.15, 0.2) is 54.4 Å². The van der Waals surface area contributed by atoms with Crippen LogP contribution in [-0.2, 0) is 30.4 Å². The molecule has 0 bridgehead atoms. The number of esters is 2. The van der Waals surface area contributed by atoms with E-state index in [0.29, 0.717) is 0 Å². The van der Waals surface area contributed by atoms with Crippen LogP contribution in [0.25, 0.3) is 5.70 Å². The maximum Gasteiger partial charge on any atom is 0.339 e. The molecule has 0 spiro atoms. The third kappa shape index (κ3) is 4.07. The molecule has 3 rings (SSSR count). The van der Waals surface area contributed by atoms with E-state index in [-0.39, 0.29) is 31.0 Å². The van der Waals surface area contributed by atoms with Crippen molar-refractivity contribution < 1.29 is 23.9 Å². The lowest BCUT2D eigenvalue weighted by atomic mass is 10.1. The Balaban J connectivity index is 2.13. The standard InChI is InChI=1S/C22H25N3O5/c1-4-29-21(27)17-18(24-12-11-16(14-24)23-3)20(26)25(19(17)22(28)30-5-2)13-15-9-7-6-8-10-15/h6-12,14,19,23H,4-5,13H2,1-3H3. The Hall–Kier alpha value is -3.55. The minimum atomic E-state index is -1.19. The molecule has 158 valence electrons. The number of hydrogen-bond donors (Lipinski definition) is 1. The molecule has 8 heteroatoms. The second-order valence-corrected chi connectivity index (χ2v) is 6.61. The van der Waals surface area contributed by atoms with Crippen molar-refractivity contribution in [3.8, 4) is 0 Å². The normalized spacial score (nSPS) is 16.0. The fourth-order valence-corrected chi connectivity index (χ4v) is 3.41. The quantitative estimate of drug-likeness (QED) is 0.671. The van der Waals surface area contributed by atoms with Gasteiger partial charge in [0.15, 0.2) is 6.04 Å². The molecule has 0 aliphatic carbocycles. The summed E-state index contributed by atoms with van der Waals surface area (Å²) in [5, 5.41) is 2.98. The summed E-state index contributed by atoms with van der Waals surface area (Å²) in [7, 11) is 1.75. The fraction of sp³-hybridized carbons (Fsp3) is 0.318. The molecule has 2 heterocycles. The van der Waals surface area contributed by atoms with Gasteiger partial charge < -0.3 is 24.3 Å². The van der Waals surface area contributed by atoms with Gasteiger partial charge in [0.25, 0.3) is 5.91 Å². The highest BCUT2D eigenvalue weighted by Crippen LogP contribution is 2.33. The number of carbonyl (C=O) groups is 3. The van der Waals surface area contributed by atoms with Crippen LogP contribution in [0.2, 0.25) is 0 Å². The number of rotatable bonds is 8. The Morgan fingerprint density at radius 1 is 1.07 bits per heavy atom. The van der Waals surface area contributed by atoms with E-state index in [2.05, 4.69) is 5.32 Å². The van der Waals surface area contributed by atoms with E-state index in [1.54, 1.807) is 39.4 Å². The molecule has 0 radical (unpaired) electrons. The van der Waals surface area contributed by atoms with Crippen LogP contribution in [0, 0.1) is 0 Å². The molecule has 1 aromatic heterocycles. The average Bonchev–Trinajstić information content (AvgIpc) is 3.32. The van der Waals surface area contributed by atoms with Gasteiger partial charge in [-0.3, -0.25) is 4.79 Å². The number of nitrogens with one attached hydrogen (secondary N) is 1. The van der Waals surface area contributed by atoms with Gasteiger partial charge in [0.1, 0.15) is 11.3 Å². The number of carbonyl (C=O) groups excluding carboxylic acids is 3. The van der Waals surface area contributed by atoms with Gasteiger partial charge in [0.2, 0.25) is 0 Å². The second kappa shape index (κ2) is 9.30. The third-order valence-corrected chi connectivity index (χ3v) is 4.74. The minimum absolute atomic E-state index is 0.0190. The molecular weight excluding hydrogens is 386 g/mol. The van der Waals surface area contributed by atoms with E-state index in [1.165, 1.54) is 9.47 Å². The molecule has 1 aliphatic heterocycles. The van der Waals surface area contributed by atoms with Crippen molar-refractivity contribution in [2.75, 3.05) is 25.6 Å². The van der Waals surface area contributed by atoms with E-state index < -0.39 is 23.9 Å². The van der Waals surface area contributed by atoms with Crippen molar-refractivity contribution in [1.82, 2.24) is 9.47 Å². The van der Waals surface area contributed by atoms with Crippen molar-refractivity contribution in [2.24, 2.45) is 0 Å². The van der Waals surface area contributed by atoms with Crippen LogP contribution >= 0.6 is 0 Å². The Morgan fingerprint density at radius 3 is 2.37 bits per heavy atom. The van der Waals surface area contributed by atoms with Gasteiger partial charge in [-0.2, -0.15) is 0 Å². The number of ether oxygens (including phenoxy) is 2. The van der Waals surface area contributed by atoms with Crippen LogP contribution < -0.4 is 5.32 Å².